The van der Waals surface area contributed by atoms with Crippen LogP contribution in [0.25, 0.3) is 16.6 Å². The Bertz CT molecular complexity index is 868. The Morgan fingerprint density at radius 3 is 2.64 bits per heavy atom. The third-order valence-corrected chi connectivity index (χ3v) is 3.30. The molecule has 0 aliphatic heterocycles. The van der Waals surface area contributed by atoms with Crippen molar-refractivity contribution in [3.63, 3.8) is 0 Å². The fraction of sp³-hybridized carbons (Fsp3) is 0.0714. The van der Waals surface area contributed by atoms with Crippen molar-refractivity contribution in [2.75, 3.05) is 0 Å². The van der Waals surface area contributed by atoms with Gasteiger partial charge in [0.2, 0.25) is 0 Å². The highest BCUT2D eigenvalue weighted by atomic mass is 35.5. The van der Waals surface area contributed by atoms with Gasteiger partial charge in [-0.3, -0.25) is 9.78 Å². The zero-order chi connectivity index (χ0) is 15.9. The summed E-state index contributed by atoms with van der Waals surface area (Å²) in [6.45, 7) is 0. The van der Waals surface area contributed by atoms with Gasteiger partial charge in [-0.15, -0.1) is 0 Å². The molecule has 0 N–H and O–H groups in total. The van der Waals surface area contributed by atoms with Crippen molar-refractivity contribution >= 4 is 27.7 Å². The van der Waals surface area contributed by atoms with E-state index in [2.05, 4.69) is 10.1 Å². The van der Waals surface area contributed by atoms with E-state index >= 15 is 0 Å². The summed E-state index contributed by atoms with van der Waals surface area (Å²) in [7, 11) is 0. The summed E-state index contributed by atoms with van der Waals surface area (Å²) in [5, 5.41) is 2.96. The molecule has 0 bridgehead atoms. The van der Waals surface area contributed by atoms with Crippen LogP contribution in [0.5, 0.6) is 0 Å². The molecule has 0 unspecified atom stereocenters. The van der Waals surface area contributed by atoms with Gasteiger partial charge in [-0.2, -0.15) is 18.3 Å². The topological polar surface area (TPSA) is 47.8 Å². The van der Waals surface area contributed by atoms with Crippen molar-refractivity contribution in [1.29, 1.82) is 0 Å². The second-order valence-corrected chi connectivity index (χ2v) is 4.78. The van der Waals surface area contributed by atoms with Crippen LogP contribution in [0.15, 0.2) is 42.7 Å². The first kappa shape index (κ1) is 14.5. The van der Waals surface area contributed by atoms with Gasteiger partial charge in [-0.1, -0.05) is 6.07 Å². The smallest absolute Gasteiger partial charge is 0.275 e. The summed E-state index contributed by atoms with van der Waals surface area (Å²) in [5.74, 6) is 0. The molecule has 2 aromatic heterocycles. The first-order valence-electron chi connectivity index (χ1n) is 6.09. The lowest BCUT2D eigenvalue weighted by molar-refractivity contribution is -0.143. The van der Waals surface area contributed by atoms with Crippen molar-refractivity contribution in [2.45, 2.75) is 6.18 Å². The summed E-state index contributed by atoms with van der Waals surface area (Å²) in [5.41, 5.74) is -1.21. The molecule has 0 amide bonds. The third kappa shape index (κ3) is 2.33. The van der Waals surface area contributed by atoms with Crippen LogP contribution in [-0.2, 0) is 6.18 Å². The number of hydrogen-bond donors (Lipinski definition) is 0. The van der Waals surface area contributed by atoms with Crippen molar-refractivity contribution < 1.29 is 18.0 Å². The van der Waals surface area contributed by atoms with Crippen LogP contribution < -0.4 is 0 Å². The molecule has 112 valence electrons. The maximum absolute atomic E-state index is 13.3. The maximum atomic E-state index is 13.3. The molecule has 4 nitrogen and oxygen atoms in total. The van der Waals surface area contributed by atoms with Crippen LogP contribution in [-0.4, -0.2) is 20.0 Å². The number of fused-ring (bicyclic) bond motifs is 1. The average Bonchev–Trinajstić information content (AvgIpc) is 2.91. The standard InChI is InChI=1S/C14H7ClF3N3O/c15-13(22)9-7-20-21(12(9)14(16,17)18)11-5-1-4-10-8(11)3-2-6-19-10/h1-7H. The van der Waals surface area contributed by atoms with Crippen molar-refractivity contribution in [3.05, 3.63) is 54.0 Å². The van der Waals surface area contributed by atoms with Crippen LogP contribution in [0.1, 0.15) is 16.1 Å². The van der Waals surface area contributed by atoms with E-state index in [4.69, 9.17) is 11.6 Å². The van der Waals surface area contributed by atoms with Crippen LogP contribution in [0.4, 0.5) is 13.2 Å². The van der Waals surface area contributed by atoms with E-state index in [1.54, 1.807) is 24.3 Å². The third-order valence-electron chi connectivity index (χ3n) is 3.10. The molecule has 0 radical (unpaired) electrons. The number of halogens is 4. The highest BCUT2D eigenvalue weighted by molar-refractivity contribution is 6.67. The van der Waals surface area contributed by atoms with E-state index in [-0.39, 0.29) is 5.69 Å². The van der Waals surface area contributed by atoms with Crippen LogP contribution in [0.2, 0.25) is 0 Å². The first-order valence-corrected chi connectivity index (χ1v) is 6.46. The fourth-order valence-electron chi connectivity index (χ4n) is 2.22. The molecule has 0 saturated heterocycles. The van der Waals surface area contributed by atoms with Gasteiger partial charge in [0, 0.05) is 11.6 Å². The minimum atomic E-state index is -4.78. The quantitative estimate of drug-likeness (QED) is 0.673. The SMILES string of the molecule is O=C(Cl)c1cnn(-c2cccc3ncccc23)c1C(F)(F)F. The van der Waals surface area contributed by atoms with Gasteiger partial charge in [-0.05, 0) is 35.9 Å². The Hall–Kier alpha value is -2.41. The molecule has 3 aromatic rings. The Labute approximate surface area is 127 Å². The van der Waals surface area contributed by atoms with Crippen molar-refractivity contribution in [3.8, 4) is 5.69 Å². The highest BCUT2D eigenvalue weighted by Crippen LogP contribution is 2.35. The highest BCUT2D eigenvalue weighted by Gasteiger charge is 2.40. The number of pyridine rings is 1. The maximum Gasteiger partial charge on any atom is 0.434 e. The van der Waals surface area contributed by atoms with Crippen molar-refractivity contribution in [1.82, 2.24) is 14.8 Å². The lowest BCUT2D eigenvalue weighted by Crippen LogP contribution is -2.16. The molecule has 22 heavy (non-hydrogen) atoms. The zero-order valence-electron chi connectivity index (χ0n) is 10.8. The molecule has 0 aliphatic carbocycles. The van der Waals surface area contributed by atoms with Gasteiger partial charge in [-0.25, -0.2) is 4.68 Å². The number of alkyl halides is 3. The van der Waals surface area contributed by atoms with Gasteiger partial charge in [0.1, 0.15) is 0 Å². The average molecular weight is 326 g/mol. The van der Waals surface area contributed by atoms with Gasteiger partial charge < -0.3 is 0 Å². The van der Waals surface area contributed by atoms with Gasteiger partial charge >= 0.3 is 6.18 Å². The molecule has 0 spiro atoms. The number of carbonyl (C=O) groups is 1. The molecule has 0 saturated carbocycles. The number of aromatic nitrogens is 3. The van der Waals surface area contributed by atoms with Crippen LogP contribution in [0, 0.1) is 0 Å². The summed E-state index contributed by atoms with van der Waals surface area (Å²) >= 11 is 5.23. The Kier molecular flexibility index (Phi) is 3.37. The summed E-state index contributed by atoms with van der Waals surface area (Å²) in [6, 6.07) is 7.94. The van der Waals surface area contributed by atoms with E-state index in [9.17, 15) is 18.0 Å². The fourth-order valence-corrected chi connectivity index (χ4v) is 2.36. The Morgan fingerprint density at radius 2 is 1.95 bits per heavy atom. The first-order chi connectivity index (χ1) is 10.4. The van der Waals surface area contributed by atoms with Crippen LogP contribution >= 0.6 is 11.6 Å². The number of nitrogens with zero attached hydrogens (tertiary/aromatic N) is 3. The minimum Gasteiger partial charge on any atom is -0.275 e. The second-order valence-electron chi connectivity index (χ2n) is 4.44. The zero-order valence-corrected chi connectivity index (χ0v) is 11.6. The van der Waals surface area contributed by atoms with E-state index in [0.29, 0.717) is 15.6 Å². The molecule has 1 aromatic carbocycles. The molecule has 8 heteroatoms. The largest absolute Gasteiger partial charge is 0.434 e. The number of benzene rings is 1. The molecular formula is C14H7ClF3N3O. The summed E-state index contributed by atoms with van der Waals surface area (Å²) in [6.07, 6.45) is -2.43. The Balaban J connectivity index is 2.35. The number of hydrogen-bond acceptors (Lipinski definition) is 3. The van der Waals surface area contributed by atoms with E-state index in [1.807, 2.05) is 0 Å². The second kappa shape index (κ2) is 5.10. The molecule has 3 rings (SSSR count). The molecular weight excluding hydrogens is 319 g/mol. The van der Waals surface area contributed by atoms with E-state index in [1.165, 1.54) is 12.3 Å². The van der Waals surface area contributed by atoms with E-state index in [0.717, 1.165) is 6.20 Å². The summed E-state index contributed by atoms with van der Waals surface area (Å²) in [4.78, 5) is 15.3. The predicted octanol–water partition coefficient (Wildman–Crippen LogP) is 3.82. The van der Waals surface area contributed by atoms with Crippen LogP contribution in [0.3, 0.4) is 0 Å². The molecule has 2 heterocycles. The predicted molar refractivity (Wildman–Crippen MR) is 74.1 cm³/mol. The normalized spacial score (nSPS) is 11.8. The van der Waals surface area contributed by atoms with Crippen molar-refractivity contribution in [2.24, 2.45) is 0 Å². The monoisotopic (exact) mass is 325 g/mol. The lowest BCUT2D eigenvalue weighted by Gasteiger charge is -2.13. The molecule has 0 aliphatic rings. The number of rotatable bonds is 2. The van der Waals surface area contributed by atoms with Gasteiger partial charge in [0.15, 0.2) is 5.69 Å². The molecule has 0 fully saturated rings. The lowest BCUT2D eigenvalue weighted by atomic mass is 10.1. The van der Waals surface area contributed by atoms with Gasteiger partial charge in [0.25, 0.3) is 5.24 Å². The molecule has 0 atom stereocenters. The van der Waals surface area contributed by atoms with Gasteiger partial charge in [0.05, 0.1) is 23.0 Å². The summed E-state index contributed by atoms with van der Waals surface area (Å²) < 4.78 is 40.6. The Morgan fingerprint density at radius 1 is 1.18 bits per heavy atom. The minimum absolute atomic E-state index is 0.169. The van der Waals surface area contributed by atoms with E-state index < -0.39 is 22.7 Å². The number of carbonyl (C=O) groups excluding carboxylic acids is 1.